The number of carbonyl (C=O) groups excluding carboxylic acids is 3. The van der Waals surface area contributed by atoms with Gasteiger partial charge in [-0.2, -0.15) is 0 Å². The van der Waals surface area contributed by atoms with Gasteiger partial charge < -0.3 is 14.9 Å². The van der Waals surface area contributed by atoms with Crippen LogP contribution in [0.4, 0.5) is 5.69 Å². The van der Waals surface area contributed by atoms with Crippen molar-refractivity contribution < 1.29 is 14.4 Å². The predicted octanol–water partition coefficient (Wildman–Crippen LogP) is 4.01. The highest BCUT2D eigenvalue weighted by Gasteiger charge is 2.51. The zero-order valence-electron chi connectivity index (χ0n) is 19.7. The van der Waals surface area contributed by atoms with Gasteiger partial charge in [0.1, 0.15) is 12.6 Å². The molecule has 1 amide bonds. The molecule has 1 saturated heterocycles. The maximum atomic E-state index is 13.3. The lowest BCUT2D eigenvalue weighted by atomic mass is 9.75. The van der Waals surface area contributed by atoms with Gasteiger partial charge in [0.25, 0.3) is 0 Å². The lowest BCUT2D eigenvalue weighted by Gasteiger charge is -2.40. The van der Waals surface area contributed by atoms with Crippen LogP contribution in [0.15, 0.2) is 18.2 Å². The second-order valence-corrected chi connectivity index (χ2v) is 9.26. The third-order valence-electron chi connectivity index (χ3n) is 7.34. The quantitative estimate of drug-likeness (QED) is 0.507. The van der Waals surface area contributed by atoms with E-state index in [2.05, 4.69) is 47.6 Å². The van der Waals surface area contributed by atoms with Crippen molar-refractivity contribution in [1.82, 2.24) is 10.2 Å². The first kappa shape index (κ1) is 24.6. The van der Waals surface area contributed by atoms with Gasteiger partial charge in [-0.1, -0.05) is 51.3 Å². The average Bonchev–Trinajstić information content (AvgIpc) is 3.07. The van der Waals surface area contributed by atoms with Gasteiger partial charge in [0.05, 0.1) is 12.7 Å². The SMILES string of the molecule is CCc1cccc(CC)c1NC(=O)CN1C(CCC=O)NC2(CCCCC2)C1CCC=O. The van der Waals surface area contributed by atoms with E-state index in [1.807, 2.05) is 0 Å². The van der Waals surface area contributed by atoms with E-state index in [9.17, 15) is 14.4 Å². The number of benzene rings is 1. The van der Waals surface area contributed by atoms with Crippen LogP contribution in [0.5, 0.6) is 0 Å². The first-order valence-corrected chi connectivity index (χ1v) is 12.4. The van der Waals surface area contributed by atoms with E-state index in [0.717, 1.165) is 74.3 Å². The van der Waals surface area contributed by atoms with Gasteiger partial charge in [-0.25, -0.2) is 0 Å². The Hall–Kier alpha value is -2.05. The van der Waals surface area contributed by atoms with E-state index >= 15 is 0 Å². The Morgan fingerprint density at radius 1 is 1.06 bits per heavy atom. The molecule has 2 aliphatic rings. The summed E-state index contributed by atoms with van der Waals surface area (Å²) in [7, 11) is 0. The minimum atomic E-state index is -0.0645. The molecule has 1 saturated carbocycles. The van der Waals surface area contributed by atoms with E-state index in [4.69, 9.17) is 0 Å². The molecule has 1 spiro atoms. The minimum absolute atomic E-state index is 0.0206. The topological polar surface area (TPSA) is 78.5 Å². The van der Waals surface area contributed by atoms with Crippen molar-refractivity contribution in [2.75, 3.05) is 11.9 Å². The second-order valence-electron chi connectivity index (χ2n) is 9.26. The van der Waals surface area contributed by atoms with Crippen LogP contribution in [0, 0.1) is 0 Å². The normalized spacial score (nSPS) is 22.7. The fourth-order valence-electron chi connectivity index (χ4n) is 5.81. The minimum Gasteiger partial charge on any atom is -0.324 e. The van der Waals surface area contributed by atoms with E-state index in [1.54, 1.807) is 0 Å². The number of aryl methyl sites for hydroxylation is 2. The van der Waals surface area contributed by atoms with Gasteiger partial charge in [0.15, 0.2) is 0 Å². The Balaban J connectivity index is 1.83. The molecule has 176 valence electrons. The molecule has 6 heteroatoms. The van der Waals surface area contributed by atoms with Crippen molar-refractivity contribution in [3.05, 3.63) is 29.3 Å². The fourth-order valence-corrected chi connectivity index (χ4v) is 5.81. The molecule has 1 aliphatic heterocycles. The maximum absolute atomic E-state index is 13.3. The molecule has 0 aromatic heterocycles. The average molecular weight is 442 g/mol. The van der Waals surface area contributed by atoms with Crippen LogP contribution >= 0.6 is 0 Å². The largest absolute Gasteiger partial charge is 0.324 e. The van der Waals surface area contributed by atoms with Gasteiger partial charge in [-0.05, 0) is 49.7 Å². The van der Waals surface area contributed by atoms with Crippen LogP contribution in [0.25, 0.3) is 0 Å². The number of rotatable bonds is 11. The molecule has 2 atom stereocenters. The number of carbonyl (C=O) groups is 3. The number of para-hydroxylation sites is 1. The molecular weight excluding hydrogens is 402 g/mol. The van der Waals surface area contributed by atoms with Crippen LogP contribution in [-0.2, 0) is 27.2 Å². The summed E-state index contributed by atoms with van der Waals surface area (Å²) in [5, 5.41) is 7.04. The molecule has 1 heterocycles. The molecule has 2 fully saturated rings. The summed E-state index contributed by atoms with van der Waals surface area (Å²) in [5.41, 5.74) is 3.17. The third-order valence-corrected chi connectivity index (χ3v) is 7.34. The van der Waals surface area contributed by atoms with Gasteiger partial charge in [-0.3, -0.25) is 15.0 Å². The number of nitrogens with one attached hydrogen (secondary N) is 2. The van der Waals surface area contributed by atoms with Gasteiger partial charge >= 0.3 is 0 Å². The molecule has 6 nitrogen and oxygen atoms in total. The number of amides is 1. The van der Waals surface area contributed by atoms with Crippen LogP contribution in [0.3, 0.4) is 0 Å². The maximum Gasteiger partial charge on any atom is 0.238 e. The monoisotopic (exact) mass is 441 g/mol. The van der Waals surface area contributed by atoms with Crippen molar-refractivity contribution in [2.24, 2.45) is 0 Å². The smallest absolute Gasteiger partial charge is 0.238 e. The number of nitrogens with zero attached hydrogens (tertiary/aromatic N) is 1. The molecule has 3 rings (SSSR count). The number of anilines is 1. The van der Waals surface area contributed by atoms with Crippen molar-refractivity contribution in [2.45, 2.75) is 102 Å². The first-order chi connectivity index (χ1) is 15.6. The van der Waals surface area contributed by atoms with Crippen LogP contribution < -0.4 is 10.6 Å². The summed E-state index contributed by atoms with van der Waals surface area (Å²) in [6, 6.07) is 6.32. The molecule has 0 radical (unpaired) electrons. The Labute approximate surface area is 192 Å². The molecule has 1 aromatic carbocycles. The Bertz CT molecular complexity index is 766. The number of hydrogen-bond acceptors (Lipinski definition) is 5. The molecule has 2 unspecified atom stereocenters. The van der Waals surface area contributed by atoms with Crippen LogP contribution in [0.1, 0.15) is 82.8 Å². The Morgan fingerprint density at radius 2 is 1.69 bits per heavy atom. The number of hydrogen-bond donors (Lipinski definition) is 2. The number of aldehydes is 2. The van der Waals surface area contributed by atoms with Gasteiger partial charge in [-0.15, -0.1) is 0 Å². The molecular formula is C26H39N3O3. The summed E-state index contributed by atoms with van der Waals surface area (Å²) in [6.07, 6.45) is 11.7. The first-order valence-electron chi connectivity index (χ1n) is 12.4. The van der Waals surface area contributed by atoms with Crippen LogP contribution in [0.2, 0.25) is 0 Å². The lowest BCUT2D eigenvalue weighted by Crippen LogP contribution is -2.52. The summed E-state index contributed by atoms with van der Waals surface area (Å²) in [6.45, 7) is 4.47. The molecule has 0 bridgehead atoms. The summed E-state index contributed by atoms with van der Waals surface area (Å²) in [5.74, 6) is -0.0255. The second kappa shape index (κ2) is 11.7. The highest BCUT2D eigenvalue weighted by Crippen LogP contribution is 2.41. The van der Waals surface area contributed by atoms with Gasteiger partial charge in [0, 0.05) is 30.1 Å². The predicted molar refractivity (Wildman–Crippen MR) is 128 cm³/mol. The molecule has 32 heavy (non-hydrogen) atoms. The van der Waals surface area contributed by atoms with E-state index in [1.165, 1.54) is 6.42 Å². The highest BCUT2D eigenvalue weighted by molar-refractivity contribution is 5.94. The highest BCUT2D eigenvalue weighted by atomic mass is 16.2. The summed E-state index contributed by atoms with van der Waals surface area (Å²) >= 11 is 0. The van der Waals surface area contributed by atoms with E-state index in [0.29, 0.717) is 19.3 Å². The summed E-state index contributed by atoms with van der Waals surface area (Å²) in [4.78, 5) is 37.9. The van der Waals surface area contributed by atoms with Crippen molar-refractivity contribution in [1.29, 1.82) is 0 Å². The van der Waals surface area contributed by atoms with Crippen molar-refractivity contribution in [3.63, 3.8) is 0 Å². The lowest BCUT2D eigenvalue weighted by molar-refractivity contribution is -0.118. The Kier molecular flexibility index (Phi) is 9.00. The molecule has 1 aliphatic carbocycles. The van der Waals surface area contributed by atoms with E-state index in [-0.39, 0.29) is 30.2 Å². The van der Waals surface area contributed by atoms with Crippen molar-refractivity contribution >= 4 is 24.2 Å². The Morgan fingerprint density at radius 3 is 2.28 bits per heavy atom. The van der Waals surface area contributed by atoms with E-state index < -0.39 is 0 Å². The molecule has 1 aromatic rings. The summed E-state index contributed by atoms with van der Waals surface area (Å²) < 4.78 is 0. The zero-order chi connectivity index (χ0) is 23.0. The van der Waals surface area contributed by atoms with Crippen LogP contribution in [-0.4, -0.2) is 47.7 Å². The standard InChI is InChI=1S/C26H39N3O3/c1-3-20-11-8-12-21(4-2)25(20)27-24(32)19-29-22(13-9-17-30)26(15-6-5-7-16-26)28-23(29)14-10-18-31/h8,11-12,17-18,22-23,28H,3-7,9-10,13-16,19H2,1-2H3,(H,27,32). The van der Waals surface area contributed by atoms with Crippen molar-refractivity contribution in [3.8, 4) is 0 Å². The fraction of sp³-hybridized carbons (Fsp3) is 0.654. The van der Waals surface area contributed by atoms with Gasteiger partial charge in [0.2, 0.25) is 5.91 Å². The third kappa shape index (κ3) is 5.46. The molecule has 2 N–H and O–H groups in total. The zero-order valence-corrected chi connectivity index (χ0v) is 19.7.